The number of rotatable bonds is 5. The number of aromatic nitrogens is 2. The lowest BCUT2D eigenvalue weighted by molar-refractivity contribution is 0.101. The lowest BCUT2D eigenvalue weighted by Gasteiger charge is -2.08. The van der Waals surface area contributed by atoms with Crippen LogP contribution in [0.2, 0.25) is 0 Å². The van der Waals surface area contributed by atoms with Gasteiger partial charge in [-0.25, -0.2) is 4.68 Å². The Labute approximate surface area is 114 Å². The van der Waals surface area contributed by atoms with E-state index < -0.39 is 0 Å². The van der Waals surface area contributed by atoms with Gasteiger partial charge in [-0.1, -0.05) is 6.07 Å². The molecule has 0 aliphatic carbocycles. The maximum atomic E-state index is 12.1. The number of hydrogen-bond donors (Lipinski definition) is 0. The number of thiophene rings is 1. The number of hydrogen-bond acceptors (Lipinski definition) is 5. The summed E-state index contributed by atoms with van der Waals surface area (Å²) in [5.41, 5.74) is 0.426. The first-order valence-electron chi connectivity index (χ1n) is 5.79. The number of methoxy groups -OCH3 is 1. The summed E-state index contributed by atoms with van der Waals surface area (Å²) in [6, 6.07) is 5.36. The summed E-state index contributed by atoms with van der Waals surface area (Å²) in [7, 11) is 1.56. The molecule has 0 aromatic carbocycles. The second-order valence-electron chi connectivity index (χ2n) is 4.00. The zero-order chi connectivity index (χ0) is 13.8. The molecule has 0 spiro atoms. The quantitative estimate of drug-likeness (QED) is 0.783. The highest BCUT2D eigenvalue weighted by atomic mass is 32.1. The van der Waals surface area contributed by atoms with Crippen LogP contribution in [0.1, 0.15) is 17.3 Å². The number of ketones is 1. The highest BCUT2D eigenvalue weighted by Crippen LogP contribution is 2.22. The van der Waals surface area contributed by atoms with Crippen molar-refractivity contribution in [2.24, 2.45) is 0 Å². The Morgan fingerprint density at radius 1 is 1.53 bits per heavy atom. The molecule has 2 heterocycles. The smallest absolute Gasteiger partial charge is 0.277 e. The molecule has 0 unspecified atom stereocenters. The minimum atomic E-state index is -0.371. The van der Waals surface area contributed by atoms with E-state index in [1.54, 1.807) is 13.2 Å². The maximum Gasteiger partial charge on any atom is 0.277 e. The van der Waals surface area contributed by atoms with E-state index in [1.807, 2.05) is 17.5 Å². The first-order valence-corrected chi connectivity index (χ1v) is 6.67. The molecule has 0 radical (unpaired) electrons. The largest absolute Gasteiger partial charge is 0.383 e. The standard InChI is InChI=1S/C13H14N2O3S/c1-9(16)10-8-11(12-4-3-7-19-12)14-15(13(10)17)5-6-18-2/h3-4,7-8H,5-6H2,1-2H3. The first kappa shape index (κ1) is 13.6. The van der Waals surface area contributed by atoms with Gasteiger partial charge in [-0.2, -0.15) is 5.10 Å². The summed E-state index contributed by atoms with van der Waals surface area (Å²) in [6.07, 6.45) is 0. The Kier molecular flexibility index (Phi) is 4.24. The lowest BCUT2D eigenvalue weighted by Crippen LogP contribution is -2.29. The molecule has 0 saturated heterocycles. The van der Waals surface area contributed by atoms with Gasteiger partial charge in [0, 0.05) is 7.11 Å². The van der Waals surface area contributed by atoms with Gasteiger partial charge in [0.05, 0.1) is 23.6 Å². The summed E-state index contributed by atoms with van der Waals surface area (Å²) in [5.74, 6) is -0.253. The van der Waals surface area contributed by atoms with Crippen LogP contribution >= 0.6 is 11.3 Å². The topological polar surface area (TPSA) is 61.2 Å². The van der Waals surface area contributed by atoms with Gasteiger partial charge >= 0.3 is 0 Å². The van der Waals surface area contributed by atoms with Crippen LogP contribution in [-0.4, -0.2) is 29.3 Å². The number of ether oxygens (including phenoxy) is 1. The Morgan fingerprint density at radius 2 is 2.32 bits per heavy atom. The van der Waals surface area contributed by atoms with Gasteiger partial charge in [0.2, 0.25) is 0 Å². The van der Waals surface area contributed by atoms with Gasteiger partial charge in [0.15, 0.2) is 5.78 Å². The molecule has 0 fully saturated rings. The van der Waals surface area contributed by atoms with E-state index in [2.05, 4.69) is 5.10 Å². The molecule has 0 saturated carbocycles. The summed E-state index contributed by atoms with van der Waals surface area (Å²) in [5, 5.41) is 6.20. The number of carbonyl (C=O) groups is 1. The summed E-state index contributed by atoms with van der Waals surface area (Å²) in [4.78, 5) is 24.5. The summed E-state index contributed by atoms with van der Waals surface area (Å²) >= 11 is 1.51. The normalized spacial score (nSPS) is 10.6. The highest BCUT2D eigenvalue weighted by Gasteiger charge is 2.13. The predicted octanol–water partition coefficient (Wildman–Crippen LogP) is 1.82. The zero-order valence-electron chi connectivity index (χ0n) is 10.8. The van der Waals surface area contributed by atoms with Crippen LogP contribution in [0.15, 0.2) is 28.4 Å². The van der Waals surface area contributed by atoms with Crippen LogP contribution in [0, 0.1) is 0 Å². The van der Waals surface area contributed by atoms with Gasteiger partial charge in [-0.15, -0.1) is 11.3 Å². The van der Waals surface area contributed by atoms with E-state index in [-0.39, 0.29) is 16.9 Å². The van der Waals surface area contributed by atoms with Gasteiger partial charge in [0.1, 0.15) is 5.69 Å². The molecule has 0 aliphatic heterocycles. The van der Waals surface area contributed by atoms with Gasteiger partial charge in [-0.05, 0) is 24.4 Å². The van der Waals surface area contributed by atoms with E-state index in [4.69, 9.17) is 4.74 Å². The number of Topliss-reactive ketones (excluding diaryl/α,β-unsaturated/α-hetero) is 1. The molecule has 0 atom stereocenters. The molecule has 19 heavy (non-hydrogen) atoms. The minimum Gasteiger partial charge on any atom is -0.383 e. The number of nitrogens with zero attached hydrogens (tertiary/aromatic N) is 2. The van der Waals surface area contributed by atoms with Gasteiger partial charge < -0.3 is 4.74 Å². The van der Waals surface area contributed by atoms with E-state index in [0.717, 1.165) is 4.88 Å². The summed E-state index contributed by atoms with van der Waals surface area (Å²) in [6.45, 7) is 2.09. The third-order valence-corrected chi connectivity index (χ3v) is 3.53. The maximum absolute atomic E-state index is 12.1. The zero-order valence-corrected chi connectivity index (χ0v) is 11.6. The van der Waals surface area contributed by atoms with Gasteiger partial charge in [0.25, 0.3) is 5.56 Å². The molecule has 2 aromatic rings. The molecule has 0 aliphatic rings. The van der Waals surface area contributed by atoms with Crippen molar-refractivity contribution in [2.45, 2.75) is 13.5 Å². The fourth-order valence-corrected chi connectivity index (χ4v) is 2.35. The fraction of sp³-hybridized carbons (Fsp3) is 0.308. The fourth-order valence-electron chi connectivity index (χ4n) is 1.67. The van der Waals surface area contributed by atoms with Crippen molar-refractivity contribution in [3.63, 3.8) is 0 Å². The van der Waals surface area contributed by atoms with Crippen molar-refractivity contribution in [2.75, 3.05) is 13.7 Å². The van der Waals surface area contributed by atoms with Crippen molar-refractivity contribution in [1.29, 1.82) is 0 Å². The van der Waals surface area contributed by atoms with E-state index in [0.29, 0.717) is 18.8 Å². The van der Waals surface area contributed by atoms with E-state index in [9.17, 15) is 9.59 Å². The molecular formula is C13H14N2O3S. The second kappa shape index (κ2) is 5.90. The average molecular weight is 278 g/mol. The number of carbonyl (C=O) groups excluding carboxylic acids is 1. The van der Waals surface area contributed by atoms with Crippen LogP contribution in [0.3, 0.4) is 0 Å². The molecule has 0 bridgehead atoms. The Morgan fingerprint density at radius 3 is 2.89 bits per heavy atom. The van der Waals surface area contributed by atoms with E-state index >= 15 is 0 Å². The molecule has 0 amide bonds. The summed E-state index contributed by atoms with van der Waals surface area (Å²) < 4.78 is 6.24. The Hall–Kier alpha value is -1.79. The average Bonchev–Trinajstić information content (AvgIpc) is 2.91. The van der Waals surface area contributed by atoms with Crippen LogP contribution in [0.25, 0.3) is 10.6 Å². The Bertz CT molecular complexity index is 632. The van der Waals surface area contributed by atoms with Gasteiger partial charge in [-0.3, -0.25) is 9.59 Å². The SMILES string of the molecule is COCCn1nc(-c2cccs2)cc(C(C)=O)c1=O. The second-order valence-corrected chi connectivity index (χ2v) is 4.95. The molecule has 2 rings (SSSR count). The minimum absolute atomic E-state index is 0.162. The van der Waals surface area contributed by atoms with Crippen LogP contribution in [0.4, 0.5) is 0 Å². The molecule has 6 heteroatoms. The third-order valence-electron chi connectivity index (χ3n) is 2.63. The molecular weight excluding hydrogens is 264 g/mol. The monoisotopic (exact) mass is 278 g/mol. The van der Waals surface area contributed by atoms with Crippen molar-refractivity contribution in [1.82, 2.24) is 9.78 Å². The van der Waals surface area contributed by atoms with Crippen molar-refractivity contribution >= 4 is 17.1 Å². The highest BCUT2D eigenvalue weighted by molar-refractivity contribution is 7.13. The van der Waals surface area contributed by atoms with Crippen LogP contribution in [0.5, 0.6) is 0 Å². The van der Waals surface area contributed by atoms with E-state index in [1.165, 1.54) is 22.9 Å². The first-order chi connectivity index (χ1) is 9.13. The van der Waals surface area contributed by atoms with Crippen molar-refractivity contribution in [3.05, 3.63) is 39.5 Å². The molecule has 100 valence electrons. The lowest BCUT2D eigenvalue weighted by atomic mass is 10.2. The van der Waals surface area contributed by atoms with Crippen molar-refractivity contribution in [3.8, 4) is 10.6 Å². The van der Waals surface area contributed by atoms with Crippen molar-refractivity contribution < 1.29 is 9.53 Å². The predicted molar refractivity (Wildman–Crippen MR) is 73.7 cm³/mol. The molecule has 5 nitrogen and oxygen atoms in total. The third kappa shape index (κ3) is 2.97. The molecule has 2 aromatic heterocycles. The van der Waals surface area contributed by atoms with Crippen LogP contribution in [-0.2, 0) is 11.3 Å². The Balaban J connectivity index is 2.54. The molecule has 0 N–H and O–H groups in total. The van der Waals surface area contributed by atoms with Crippen LogP contribution < -0.4 is 5.56 Å².